The third-order valence-corrected chi connectivity index (χ3v) is 4.54. The number of piperidine rings is 1. The molecule has 0 atom stereocenters. The van der Waals surface area contributed by atoms with E-state index in [1.54, 1.807) is 12.5 Å². The Hall–Kier alpha value is -2.47. The number of imidazole rings is 1. The zero-order valence-electron chi connectivity index (χ0n) is 14.7. The molecule has 132 valence electrons. The third kappa shape index (κ3) is 5.00. The lowest BCUT2D eigenvalue weighted by molar-refractivity contribution is -0.121. The van der Waals surface area contributed by atoms with Crippen LogP contribution in [0.3, 0.4) is 0 Å². The van der Waals surface area contributed by atoms with Crippen LogP contribution in [0.4, 0.5) is 0 Å². The first-order valence-corrected chi connectivity index (χ1v) is 8.86. The average molecular weight is 339 g/mol. The number of aromatic nitrogens is 2. The van der Waals surface area contributed by atoms with Crippen molar-refractivity contribution in [3.05, 3.63) is 48.5 Å². The Labute approximate surface area is 148 Å². The van der Waals surface area contributed by atoms with E-state index in [0.717, 1.165) is 36.6 Å². The molecule has 3 rings (SSSR count). The molecule has 1 saturated heterocycles. The lowest BCUT2D eigenvalue weighted by Crippen LogP contribution is -2.33. The number of rotatable bonds is 6. The lowest BCUT2D eigenvalue weighted by Gasteiger charge is -2.25. The Morgan fingerprint density at radius 2 is 1.96 bits per heavy atom. The summed E-state index contributed by atoms with van der Waals surface area (Å²) >= 11 is 0. The topological polar surface area (TPSA) is 62.5 Å². The van der Waals surface area contributed by atoms with E-state index in [1.165, 1.54) is 19.3 Å². The van der Waals surface area contributed by atoms with Gasteiger partial charge >= 0.3 is 0 Å². The summed E-state index contributed by atoms with van der Waals surface area (Å²) in [6.45, 7) is 4.94. The van der Waals surface area contributed by atoms with Gasteiger partial charge in [-0.2, -0.15) is 5.10 Å². The first kappa shape index (κ1) is 17.4. The molecule has 0 unspecified atom stereocenters. The van der Waals surface area contributed by atoms with Crippen LogP contribution >= 0.6 is 0 Å². The normalized spacial score (nSPS) is 16.0. The standard InChI is InChI=1S/C19H25N5O/c1-16(17-5-7-18(8-6-17)24-14-10-20-15-24)21-22-19(25)9-13-23-11-3-2-4-12-23/h5-8,10,14-15H,2-4,9,11-13H2,1H3,(H,22,25)/b21-16+. The van der Waals surface area contributed by atoms with Gasteiger partial charge < -0.3 is 9.47 Å². The number of carbonyl (C=O) groups is 1. The number of hydrogen-bond acceptors (Lipinski definition) is 4. The van der Waals surface area contributed by atoms with Gasteiger partial charge in [-0.15, -0.1) is 0 Å². The summed E-state index contributed by atoms with van der Waals surface area (Å²) in [6.07, 6.45) is 9.71. The predicted molar refractivity (Wildman–Crippen MR) is 98.8 cm³/mol. The molecule has 1 aromatic heterocycles. The zero-order valence-corrected chi connectivity index (χ0v) is 14.7. The minimum absolute atomic E-state index is 0.0278. The SMILES string of the molecule is C/C(=N\NC(=O)CCN1CCCCC1)c1ccc(-n2ccnc2)cc1. The number of carbonyl (C=O) groups excluding carboxylic acids is 1. The highest BCUT2D eigenvalue weighted by Crippen LogP contribution is 2.10. The maximum atomic E-state index is 12.0. The Morgan fingerprint density at radius 1 is 1.20 bits per heavy atom. The zero-order chi connectivity index (χ0) is 17.5. The fourth-order valence-electron chi connectivity index (χ4n) is 3.00. The quantitative estimate of drug-likeness (QED) is 0.650. The Bertz CT molecular complexity index is 700. The summed E-state index contributed by atoms with van der Waals surface area (Å²) in [7, 11) is 0. The molecule has 1 aromatic carbocycles. The van der Waals surface area contributed by atoms with Crippen LogP contribution in [0.15, 0.2) is 48.1 Å². The van der Waals surface area contributed by atoms with Crippen LogP contribution in [0.1, 0.15) is 38.2 Å². The van der Waals surface area contributed by atoms with Gasteiger partial charge in [0, 0.05) is 31.0 Å². The van der Waals surface area contributed by atoms with Gasteiger partial charge in [-0.1, -0.05) is 18.6 Å². The molecule has 0 spiro atoms. The van der Waals surface area contributed by atoms with Crippen molar-refractivity contribution in [3.63, 3.8) is 0 Å². The van der Waals surface area contributed by atoms with E-state index in [4.69, 9.17) is 0 Å². The number of nitrogens with zero attached hydrogens (tertiary/aromatic N) is 4. The van der Waals surface area contributed by atoms with E-state index in [-0.39, 0.29) is 5.91 Å². The summed E-state index contributed by atoms with van der Waals surface area (Å²) in [4.78, 5) is 18.4. The van der Waals surface area contributed by atoms with Gasteiger partial charge in [0.2, 0.25) is 5.91 Å². The number of hydrazone groups is 1. The molecule has 0 bridgehead atoms. The van der Waals surface area contributed by atoms with Gasteiger partial charge in [-0.3, -0.25) is 4.79 Å². The van der Waals surface area contributed by atoms with Gasteiger partial charge in [0.25, 0.3) is 0 Å². The minimum atomic E-state index is -0.0278. The summed E-state index contributed by atoms with van der Waals surface area (Å²) in [5.74, 6) is -0.0278. The Balaban J connectivity index is 1.49. The maximum absolute atomic E-state index is 12.0. The van der Waals surface area contributed by atoms with Crippen LogP contribution < -0.4 is 5.43 Å². The molecule has 1 aliphatic rings. The van der Waals surface area contributed by atoms with Crippen LogP contribution in [0, 0.1) is 0 Å². The fourth-order valence-corrected chi connectivity index (χ4v) is 3.00. The van der Waals surface area contributed by atoms with Gasteiger partial charge in [0.05, 0.1) is 12.0 Å². The molecule has 6 heteroatoms. The monoisotopic (exact) mass is 339 g/mol. The second kappa shape index (κ2) is 8.58. The van der Waals surface area contributed by atoms with Crippen molar-refractivity contribution in [1.29, 1.82) is 0 Å². The van der Waals surface area contributed by atoms with Crippen molar-refractivity contribution in [1.82, 2.24) is 19.9 Å². The lowest BCUT2D eigenvalue weighted by atomic mass is 10.1. The molecular formula is C19H25N5O. The van der Waals surface area contributed by atoms with Crippen molar-refractivity contribution in [2.24, 2.45) is 5.10 Å². The minimum Gasteiger partial charge on any atom is -0.306 e. The highest BCUT2D eigenvalue weighted by molar-refractivity contribution is 5.99. The Kier molecular flexibility index (Phi) is 5.95. The molecule has 1 amide bonds. The summed E-state index contributed by atoms with van der Waals surface area (Å²) in [5.41, 5.74) is 5.49. The first-order chi connectivity index (χ1) is 12.2. The molecule has 0 aliphatic carbocycles. The second-order valence-electron chi connectivity index (χ2n) is 6.40. The first-order valence-electron chi connectivity index (χ1n) is 8.86. The highest BCUT2D eigenvalue weighted by Gasteiger charge is 2.11. The van der Waals surface area contributed by atoms with Crippen LogP contribution in [-0.2, 0) is 4.79 Å². The molecular weight excluding hydrogens is 314 g/mol. The smallest absolute Gasteiger partial charge is 0.241 e. The van der Waals surface area contributed by atoms with E-state index in [9.17, 15) is 4.79 Å². The third-order valence-electron chi connectivity index (χ3n) is 4.54. The van der Waals surface area contributed by atoms with Crippen molar-refractivity contribution >= 4 is 11.6 Å². The number of likely N-dealkylation sites (tertiary alicyclic amines) is 1. The molecule has 1 fully saturated rings. The molecule has 2 heterocycles. The average Bonchev–Trinajstić information content (AvgIpc) is 3.20. The molecule has 0 radical (unpaired) electrons. The van der Waals surface area contributed by atoms with Crippen LogP contribution in [0.2, 0.25) is 0 Å². The van der Waals surface area contributed by atoms with Gasteiger partial charge in [0.15, 0.2) is 0 Å². The van der Waals surface area contributed by atoms with E-state index in [0.29, 0.717) is 6.42 Å². The fraction of sp³-hybridized carbons (Fsp3) is 0.421. The van der Waals surface area contributed by atoms with Crippen molar-refractivity contribution in [2.75, 3.05) is 19.6 Å². The van der Waals surface area contributed by atoms with Gasteiger partial charge in [0.1, 0.15) is 0 Å². The number of benzene rings is 1. The summed E-state index contributed by atoms with van der Waals surface area (Å²) in [5, 5.41) is 4.23. The second-order valence-corrected chi connectivity index (χ2v) is 6.40. The van der Waals surface area contributed by atoms with E-state index in [2.05, 4.69) is 20.4 Å². The van der Waals surface area contributed by atoms with Crippen molar-refractivity contribution < 1.29 is 4.79 Å². The van der Waals surface area contributed by atoms with Gasteiger partial charge in [-0.05, 0) is 50.6 Å². The summed E-state index contributed by atoms with van der Waals surface area (Å²) in [6, 6.07) is 8.00. The van der Waals surface area contributed by atoms with Crippen LogP contribution in [0.25, 0.3) is 5.69 Å². The molecule has 1 N–H and O–H groups in total. The Morgan fingerprint density at radius 3 is 2.64 bits per heavy atom. The van der Waals surface area contributed by atoms with E-state index in [1.807, 2.05) is 42.0 Å². The molecule has 6 nitrogen and oxygen atoms in total. The van der Waals surface area contributed by atoms with Gasteiger partial charge in [-0.25, -0.2) is 10.4 Å². The molecule has 2 aromatic rings. The van der Waals surface area contributed by atoms with E-state index < -0.39 is 0 Å². The number of hydrogen-bond donors (Lipinski definition) is 1. The number of amides is 1. The van der Waals surface area contributed by atoms with Crippen molar-refractivity contribution in [2.45, 2.75) is 32.6 Å². The molecule has 1 aliphatic heterocycles. The van der Waals surface area contributed by atoms with Crippen LogP contribution in [-0.4, -0.2) is 45.7 Å². The summed E-state index contributed by atoms with van der Waals surface area (Å²) < 4.78 is 1.94. The maximum Gasteiger partial charge on any atom is 0.241 e. The van der Waals surface area contributed by atoms with Crippen molar-refractivity contribution in [3.8, 4) is 5.69 Å². The highest BCUT2D eigenvalue weighted by atomic mass is 16.2. The number of nitrogens with one attached hydrogen (secondary N) is 1. The van der Waals surface area contributed by atoms with Crippen LogP contribution in [0.5, 0.6) is 0 Å². The molecule has 25 heavy (non-hydrogen) atoms. The predicted octanol–water partition coefficient (Wildman–Crippen LogP) is 2.59. The van der Waals surface area contributed by atoms with E-state index >= 15 is 0 Å². The largest absolute Gasteiger partial charge is 0.306 e. The molecule has 0 saturated carbocycles.